The van der Waals surface area contributed by atoms with Crippen molar-refractivity contribution in [2.45, 2.75) is 6.92 Å². The highest BCUT2D eigenvalue weighted by Gasteiger charge is 1.78. The topological polar surface area (TPSA) is 60.2 Å². The maximum Gasteiger partial charge on any atom is 0.163 e. The van der Waals surface area contributed by atoms with Gasteiger partial charge in [0, 0.05) is 11.8 Å². The molecule has 0 atom stereocenters. The van der Waals surface area contributed by atoms with Crippen LogP contribution < -0.4 is 10.7 Å². The summed E-state index contributed by atoms with van der Waals surface area (Å²) < 4.78 is 0. The largest absolute Gasteiger partial charge is 0.402 e. The van der Waals surface area contributed by atoms with Gasteiger partial charge in [-0.2, -0.15) is 0 Å². The fourth-order valence-corrected chi connectivity index (χ4v) is 0.338. The standard InChI is InChI=1S/C6H12N2O/c1-6(7)2-3-8-4-5-9/h2-3,9H,4-5,7H2,1H3/p+1. The maximum absolute atomic E-state index is 8.30. The number of nitrogens with two attached hydrogens (primary N) is 1. The van der Waals surface area contributed by atoms with Crippen molar-refractivity contribution in [1.29, 1.82) is 0 Å². The fourth-order valence-electron chi connectivity index (χ4n) is 0.338. The van der Waals surface area contributed by atoms with Crippen LogP contribution >= 0.6 is 0 Å². The Kier molecular flexibility index (Phi) is 4.82. The van der Waals surface area contributed by atoms with Gasteiger partial charge in [-0.3, -0.25) is 0 Å². The van der Waals surface area contributed by atoms with Crippen molar-refractivity contribution in [3.05, 3.63) is 11.8 Å². The van der Waals surface area contributed by atoms with Crippen molar-refractivity contribution in [3.63, 3.8) is 0 Å². The zero-order valence-electron chi connectivity index (χ0n) is 5.59. The zero-order valence-corrected chi connectivity index (χ0v) is 5.59. The number of hydrogen-bond acceptors (Lipinski definition) is 2. The molecule has 0 saturated heterocycles. The van der Waals surface area contributed by atoms with Gasteiger partial charge >= 0.3 is 0 Å². The SMILES string of the molecule is CC(N)=CC=[NH+]CCO. The molecule has 0 aromatic carbocycles. The number of rotatable bonds is 3. The van der Waals surface area contributed by atoms with E-state index in [9.17, 15) is 0 Å². The van der Waals surface area contributed by atoms with Gasteiger partial charge in [0.05, 0.1) is 0 Å². The summed E-state index contributed by atoms with van der Waals surface area (Å²) in [4.78, 5) is 2.84. The normalized spacial score (nSPS) is 12.9. The van der Waals surface area contributed by atoms with E-state index in [4.69, 9.17) is 10.8 Å². The van der Waals surface area contributed by atoms with E-state index in [1.807, 2.05) is 0 Å². The lowest BCUT2D eigenvalue weighted by molar-refractivity contribution is -0.454. The Hall–Kier alpha value is -0.830. The molecule has 0 radical (unpaired) electrons. The molecule has 3 nitrogen and oxygen atoms in total. The third-order valence-corrected chi connectivity index (χ3v) is 0.720. The summed E-state index contributed by atoms with van der Waals surface area (Å²) in [5, 5.41) is 8.30. The molecule has 0 heterocycles. The van der Waals surface area contributed by atoms with Crippen molar-refractivity contribution in [2.24, 2.45) is 5.73 Å². The van der Waals surface area contributed by atoms with Crippen LogP contribution in [0.4, 0.5) is 0 Å². The minimum atomic E-state index is 0.147. The van der Waals surface area contributed by atoms with Gasteiger partial charge in [-0.15, -0.1) is 0 Å². The number of hydrogen-bond donors (Lipinski definition) is 3. The van der Waals surface area contributed by atoms with Gasteiger partial charge in [-0.25, -0.2) is 4.99 Å². The molecule has 0 aromatic heterocycles. The average molecular weight is 129 g/mol. The number of aliphatic hydroxyl groups is 1. The molecule has 0 unspecified atom stereocenters. The minimum Gasteiger partial charge on any atom is -0.402 e. The Morgan fingerprint density at radius 2 is 2.44 bits per heavy atom. The lowest BCUT2D eigenvalue weighted by atomic mass is 10.5. The first-order chi connectivity index (χ1) is 4.27. The van der Waals surface area contributed by atoms with E-state index < -0.39 is 0 Å². The Bertz CT molecular complexity index is 114. The van der Waals surface area contributed by atoms with Crippen molar-refractivity contribution in [2.75, 3.05) is 13.2 Å². The minimum absolute atomic E-state index is 0.147. The highest BCUT2D eigenvalue weighted by atomic mass is 16.3. The fraction of sp³-hybridized carbons (Fsp3) is 0.500. The summed E-state index contributed by atoms with van der Waals surface area (Å²) in [5.74, 6) is 0. The molecule has 52 valence electrons. The zero-order chi connectivity index (χ0) is 7.11. The molecule has 0 amide bonds. The van der Waals surface area contributed by atoms with E-state index in [-0.39, 0.29) is 6.61 Å². The van der Waals surface area contributed by atoms with Crippen LogP contribution in [0.3, 0.4) is 0 Å². The number of nitrogens with one attached hydrogen (secondary N) is 1. The van der Waals surface area contributed by atoms with Crippen LogP contribution in [0.15, 0.2) is 11.8 Å². The summed E-state index contributed by atoms with van der Waals surface area (Å²) in [6.07, 6.45) is 3.46. The van der Waals surface area contributed by atoms with E-state index in [2.05, 4.69) is 4.99 Å². The molecule has 0 aliphatic carbocycles. The highest BCUT2D eigenvalue weighted by molar-refractivity contribution is 5.65. The first-order valence-electron chi connectivity index (χ1n) is 2.87. The lowest BCUT2D eigenvalue weighted by Crippen LogP contribution is -2.69. The van der Waals surface area contributed by atoms with Gasteiger partial charge in [-0.1, -0.05) is 0 Å². The molecular weight excluding hydrogens is 116 g/mol. The van der Waals surface area contributed by atoms with E-state index in [1.165, 1.54) is 0 Å². The van der Waals surface area contributed by atoms with Crippen LogP contribution in [0, 0.1) is 0 Å². The van der Waals surface area contributed by atoms with Gasteiger partial charge in [0.1, 0.15) is 6.61 Å². The molecule has 4 N–H and O–H groups in total. The molecule has 0 saturated carbocycles. The second-order valence-corrected chi connectivity index (χ2v) is 1.76. The summed E-state index contributed by atoms with van der Waals surface area (Å²) in [7, 11) is 0. The van der Waals surface area contributed by atoms with E-state index >= 15 is 0 Å². The molecule has 0 aromatic rings. The van der Waals surface area contributed by atoms with Crippen LogP contribution in [-0.4, -0.2) is 24.5 Å². The predicted molar refractivity (Wildman–Crippen MR) is 36.9 cm³/mol. The third kappa shape index (κ3) is 7.17. The average Bonchev–Trinajstić information content (AvgIpc) is 1.80. The molecule has 0 bridgehead atoms. The van der Waals surface area contributed by atoms with E-state index in [0.29, 0.717) is 6.54 Å². The van der Waals surface area contributed by atoms with Gasteiger partial charge in [-0.05, 0) is 6.92 Å². The molecule has 3 heteroatoms. The van der Waals surface area contributed by atoms with Crippen LogP contribution in [0.1, 0.15) is 6.92 Å². The monoisotopic (exact) mass is 129 g/mol. The van der Waals surface area contributed by atoms with Crippen LogP contribution in [0.25, 0.3) is 0 Å². The summed E-state index contributed by atoms with van der Waals surface area (Å²) in [6.45, 7) is 2.52. The van der Waals surface area contributed by atoms with Gasteiger partial charge in [0.15, 0.2) is 12.8 Å². The second-order valence-electron chi connectivity index (χ2n) is 1.76. The van der Waals surface area contributed by atoms with Crippen LogP contribution in [-0.2, 0) is 0 Å². The lowest BCUT2D eigenvalue weighted by Gasteiger charge is -1.79. The van der Waals surface area contributed by atoms with Crippen LogP contribution in [0.2, 0.25) is 0 Å². The smallest absolute Gasteiger partial charge is 0.163 e. The van der Waals surface area contributed by atoms with Crippen molar-refractivity contribution < 1.29 is 10.1 Å². The molecule has 0 rings (SSSR count). The summed E-state index contributed by atoms with van der Waals surface area (Å²) in [5.41, 5.74) is 6.05. The van der Waals surface area contributed by atoms with Gasteiger partial charge in [0.2, 0.25) is 0 Å². The predicted octanol–water partition coefficient (Wildman–Crippen LogP) is -2.01. The van der Waals surface area contributed by atoms with Gasteiger partial charge in [0.25, 0.3) is 0 Å². The molecular formula is C6H13N2O+. The Labute approximate surface area is 54.9 Å². The van der Waals surface area contributed by atoms with Crippen molar-refractivity contribution in [3.8, 4) is 0 Å². The molecule has 9 heavy (non-hydrogen) atoms. The second kappa shape index (κ2) is 5.31. The first kappa shape index (κ1) is 8.17. The quantitative estimate of drug-likeness (QED) is 0.386. The maximum atomic E-state index is 8.30. The van der Waals surface area contributed by atoms with Crippen molar-refractivity contribution >= 4 is 6.21 Å². The van der Waals surface area contributed by atoms with Crippen LogP contribution in [0.5, 0.6) is 0 Å². The van der Waals surface area contributed by atoms with Crippen molar-refractivity contribution in [1.82, 2.24) is 0 Å². The molecule has 0 aliphatic rings. The number of allylic oxidation sites excluding steroid dienone is 2. The molecule has 0 fully saturated rings. The Morgan fingerprint density at radius 3 is 2.89 bits per heavy atom. The summed E-state index contributed by atoms with van der Waals surface area (Å²) in [6, 6.07) is 0. The molecule has 0 spiro atoms. The molecule has 0 aliphatic heterocycles. The van der Waals surface area contributed by atoms with Gasteiger partial charge < -0.3 is 10.8 Å². The third-order valence-electron chi connectivity index (χ3n) is 0.720. The highest BCUT2D eigenvalue weighted by Crippen LogP contribution is 1.69. The first-order valence-corrected chi connectivity index (χ1v) is 2.87. The van der Waals surface area contributed by atoms with E-state index in [0.717, 1.165) is 5.70 Å². The number of aliphatic hydroxyl groups excluding tert-OH is 1. The summed E-state index contributed by atoms with van der Waals surface area (Å²) >= 11 is 0. The Morgan fingerprint density at radius 1 is 1.78 bits per heavy atom. The van der Waals surface area contributed by atoms with E-state index in [1.54, 1.807) is 19.2 Å². The Balaban J connectivity index is 3.35.